The van der Waals surface area contributed by atoms with Gasteiger partial charge in [0.15, 0.2) is 5.58 Å². The van der Waals surface area contributed by atoms with E-state index in [2.05, 4.69) is 22.4 Å². The van der Waals surface area contributed by atoms with Gasteiger partial charge in [0.05, 0.1) is 19.3 Å². The Bertz CT molecular complexity index is 1260. The van der Waals surface area contributed by atoms with Crippen LogP contribution in [0.2, 0.25) is 0 Å². The van der Waals surface area contributed by atoms with Crippen LogP contribution in [0.15, 0.2) is 59.0 Å². The zero-order chi connectivity index (χ0) is 27.2. The first-order valence-corrected chi connectivity index (χ1v) is 14.1. The van der Waals surface area contributed by atoms with Gasteiger partial charge < -0.3 is 19.4 Å². The summed E-state index contributed by atoms with van der Waals surface area (Å²) < 4.78 is 11.1. The van der Waals surface area contributed by atoms with Gasteiger partial charge in [-0.05, 0) is 55.2 Å². The Labute approximate surface area is 229 Å². The van der Waals surface area contributed by atoms with Crippen LogP contribution in [0.5, 0.6) is 0 Å². The first-order valence-electron chi connectivity index (χ1n) is 14.1. The number of hydrogen-bond acceptors (Lipinski definition) is 6. The van der Waals surface area contributed by atoms with Gasteiger partial charge in [-0.2, -0.15) is 0 Å². The van der Waals surface area contributed by atoms with Gasteiger partial charge in [0, 0.05) is 25.4 Å². The van der Waals surface area contributed by atoms with Gasteiger partial charge in [-0.15, -0.1) is 0 Å². The van der Waals surface area contributed by atoms with E-state index in [0.717, 1.165) is 19.3 Å². The number of carbonyl (C=O) groups excluding carboxylic acids is 3. The van der Waals surface area contributed by atoms with Crippen LogP contribution >= 0.6 is 0 Å². The third-order valence-corrected chi connectivity index (χ3v) is 7.93. The van der Waals surface area contributed by atoms with Crippen LogP contribution in [0.4, 0.5) is 0 Å². The predicted octanol–water partition coefficient (Wildman–Crippen LogP) is 4.57. The number of hydrogen-bond donors (Lipinski definition) is 1. The zero-order valence-electron chi connectivity index (χ0n) is 22.6. The fourth-order valence-electron chi connectivity index (χ4n) is 5.57. The third kappa shape index (κ3) is 6.74. The molecule has 2 heterocycles. The molecule has 1 aliphatic heterocycles. The number of fused-ring (bicyclic) bond motifs is 1. The quantitative estimate of drug-likeness (QED) is 0.344. The maximum absolute atomic E-state index is 13.8. The van der Waals surface area contributed by atoms with Crippen LogP contribution in [-0.4, -0.2) is 59.8 Å². The van der Waals surface area contributed by atoms with Crippen LogP contribution < -0.4 is 5.32 Å². The number of oxazole rings is 1. The molecule has 8 heteroatoms. The molecular weight excluding hydrogens is 494 g/mol. The first-order chi connectivity index (χ1) is 19.0. The fourth-order valence-corrected chi connectivity index (χ4v) is 5.57. The van der Waals surface area contributed by atoms with Gasteiger partial charge >= 0.3 is 0 Å². The van der Waals surface area contributed by atoms with E-state index < -0.39 is 12.0 Å². The highest BCUT2D eigenvalue weighted by atomic mass is 16.5. The molecule has 1 saturated carbocycles. The van der Waals surface area contributed by atoms with Gasteiger partial charge in [0.25, 0.3) is 5.89 Å². The summed E-state index contributed by atoms with van der Waals surface area (Å²) >= 11 is 0. The van der Waals surface area contributed by atoms with E-state index in [-0.39, 0.29) is 35.3 Å². The highest BCUT2D eigenvalue weighted by Gasteiger charge is 2.46. The number of Topliss-reactive ketones (excluding diaryl/α,β-unsaturated/α-hetero) is 1. The second kappa shape index (κ2) is 12.1. The zero-order valence-corrected chi connectivity index (χ0v) is 22.6. The summed E-state index contributed by atoms with van der Waals surface area (Å²) in [5.41, 5.74) is 2.38. The lowest BCUT2D eigenvalue weighted by atomic mass is 9.84. The molecule has 8 nitrogen and oxygen atoms in total. The summed E-state index contributed by atoms with van der Waals surface area (Å²) in [5, 5.41) is 3.00. The molecule has 2 fully saturated rings. The van der Waals surface area contributed by atoms with Crippen molar-refractivity contribution in [2.45, 2.75) is 57.9 Å². The molecule has 1 saturated heterocycles. The van der Waals surface area contributed by atoms with E-state index in [4.69, 9.17) is 9.15 Å². The molecule has 39 heavy (non-hydrogen) atoms. The second-order valence-corrected chi connectivity index (χ2v) is 11.0. The smallest absolute Gasteiger partial charge is 0.266 e. The molecule has 206 valence electrons. The molecule has 2 aromatic carbocycles. The van der Waals surface area contributed by atoms with Crippen molar-refractivity contribution in [1.82, 2.24) is 15.2 Å². The number of benzene rings is 2. The Balaban J connectivity index is 1.33. The molecule has 1 N–H and O–H groups in total. The molecule has 0 spiro atoms. The van der Waals surface area contributed by atoms with E-state index in [1.165, 1.54) is 5.56 Å². The van der Waals surface area contributed by atoms with Crippen molar-refractivity contribution in [3.05, 3.63) is 66.1 Å². The Morgan fingerprint density at radius 3 is 2.44 bits per heavy atom. The number of carbonyl (C=O) groups is 3. The Morgan fingerprint density at radius 2 is 1.74 bits per heavy atom. The molecule has 2 aliphatic rings. The molecule has 2 atom stereocenters. The first kappa shape index (κ1) is 27.1. The van der Waals surface area contributed by atoms with Crippen molar-refractivity contribution >= 4 is 28.7 Å². The second-order valence-electron chi connectivity index (χ2n) is 11.0. The molecule has 0 radical (unpaired) electrons. The van der Waals surface area contributed by atoms with Crippen LogP contribution in [0.1, 0.15) is 61.7 Å². The number of nitrogens with zero attached hydrogens (tertiary/aromatic N) is 2. The number of amides is 2. The average molecular weight is 532 g/mol. The van der Waals surface area contributed by atoms with E-state index in [1.54, 1.807) is 17.0 Å². The summed E-state index contributed by atoms with van der Waals surface area (Å²) in [6.45, 7) is 4.07. The molecule has 5 rings (SSSR count). The Morgan fingerprint density at radius 1 is 1.03 bits per heavy atom. The normalized spacial score (nSPS) is 17.9. The van der Waals surface area contributed by atoms with Crippen LogP contribution in [0.25, 0.3) is 11.1 Å². The van der Waals surface area contributed by atoms with Crippen LogP contribution in [0.3, 0.4) is 0 Å². The number of ketones is 1. The SMILES string of the molecule is CCC[C@@H](NC(=O)[C@@H](CC(=O)N1CCOCC1)CC1(Cc2ccccc2)CC1)C(=O)c1nc2ccccc2o1. The van der Waals surface area contributed by atoms with Crippen molar-refractivity contribution in [1.29, 1.82) is 0 Å². The summed E-state index contributed by atoms with van der Waals surface area (Å²) in [4.78, 5) is 46.6. The number of morpholine rings is 1. The monoisotopic (exact) mass is 531 g/mol. The number of ether oxygens (including phenoxy) is 1. The lowest BCUT2D eigenvalue weighted by molar-refractivity contribution is -0.140. The van der Waals surface area contributed by atoms with Crippen molar-refractivity contribution in [2.75, 3.05) is 26.3 Å². The largest absolute Gasteiger partial charge is 0.434 e. The number of nitrogens with one attached hydrogen (secondary N) is 1. The van der Waals surface area contributed by atoms with Gasteiger partial charge in [-0.25, -0.2) is 4.98 Å². The van der Waals surface area contributed by atoms with Crippen LogP contribution in [0, 0.1) is 11.3 Å². The minimum absolute atomic E-state index is 0.000791. The van der Waals surface area contributed by atoms with Crippen molar-refractivity contribution < 1.29 is 23.5 Å². The highest BCUT2D eigenvalue weighted by Crippen LogP contribution is 2.53. The van der Waals surface area contributed by atoms with Crippen molar-refractivity contribution in [3.63, 3.8) is 0 Å². The number of para-hydroxylation sites is 2. The topological polar surface area (TPSA) is 102 Å². The third-order valence-electron chi connectivity index (χ3n) is 7.93. The number of aromatic nitrogens is 1. The summed E-state index contributed by atoms with van der Waals surface area (Å²) in [6.07, 6.45) is 4.83. The van der Waals surface area contributed by atoms with Gasteiger partial charge in [-0.1, -0.05) is 55.8 Å². The molecular formula is C31H37N3O5. The minimum Gasteiger partial charge on any atom is -0.434 e. The maximum atomic E-state index is 13.8. The summed E-state index contributed by atoms with van der Waals surface area (Å²) in [5.74, 6) is -1.16. The highest BCUT2D eigenvalue weighted by molar-refractivity contribution is 6.00. The van der Waals surface area contributed by atoms with E-state index in [0.29, 0.717) is 56.7 Å². The fraction of sp³-hybridized carbons (Fsp3) is 0.484. The lowest BCUT2D eigenvalue weighted by Crippen LogP contribution is -2.46. The van der Waals surface area contributed by atoms with Gasteiger partial charge in [0.1, 0.15) is 5.52 Å². The van der Waals surface area contributed by atoms with E-state index in [9.17, 15) is 14.4 Å². The Kier molecular flexibility index (Phi) is 8.41. The maximum Gasteiger partial charge on any atom is 0.266 e. The molecule has 0 bridgehead atoms. The standard InChI is InChI=1S/C31H37N3O5/c1-2-8-25(28(36)30-33-24-11-6-7-12-26(24)39-30)32-29(37)23(19-27(35)34-15-17-38-18-16-34)21-31(13-14-31)20-22-9-4-3-5-10-22/h3-7,9-12,23,25H,2,8,13-21H2,1H3,(H,32,37)/t23-,25+/m0/s1. The Hall–Kier alpha value is -3.52. The van der Waals surface area contributed by atoms with E-state index in [1.807, 2.05) is 37.3 Å². The van der Waals surface area contributed by atoms with Crippen molar-refractivity contribution in [2.24, 2.45) is 11.3 Å². The summed E-state index contributed by atoms with van der Waals surface area (Å²) in [7, 11) is 0. The number of rotatable bonds is 12. The van der Waals surface area contributed by atoms with Crippen LogP contribution in [-0.2, 0) is 20.7 Å². The molecule has 0 unspecified atom stereocenters. The van der Waals surface area contributed by atoms with Crippen molar-refractivity contribution in [3.8, 4) is 0 Å². The van der Waals surface area contributed by atoms with Gasteiger partial charge in [0.2, 0.25) is 17.6 Å². The summed E-state index contributed by atoms with van der Waals surface area (Å²) in [6, 6.07) is 16.8. The molecule has 3 aromatic rings. The lowest BCUT2D eigenvalue weighted by Gasteiger charge is -2.30. The van der Waals surface area contributed by atoms with Gasteiger partial charge in [-0.3, -0.25) is 14.4 Å². The molecule has 2 amide bonds. The minimum atomic E-state index is -0.763. The molecule has 1 aromatic heterocycles. The van der Waals surface area contributed by atoms with E-state index >= 15 is 0 Å². The predicted molar refractivity (Wildman–Crippen MR) is 147 cm³/mol. The molecule has 1 aliphatic carbocycles. The average Bonchev–Trinajstić information content (AvgIpc) is 3.57.